The molecule has 98 valence electrons. The van der Waals surface area contributed by atoms with E-state index in [1.807, 2.05) is 0 Å². The van der Waals surface area contributed by atoms with Crippen molar-refractivity contribution >= 4 is 15.9 Å². The second-order valence-electron chi connectivity index (χ2n) is 6.49. The largest absolute Gasteiger partial charge is 0.0619 e. The standard InChI is InChI=1S/C18H19Br/c1-17(2)15-8-6-5-7-13(15)14-11-12(19)9-10-16(14)18(17,3)4/h5-11H,1-4H3. The summed E-state index contributed by atoms with van der Waals surface area (Å²) >= 11 is 3.61. The van der Waals surface area contributed by atoms with Crippen molar-refractivity contribution in [1.82, 2.24) is 0 Å². The number of rotatable bonds is 0. The summed E-state index contributed by atoms with van der Waals surface area (Å²) in [4.78, 5) is 0. The first-order chi connectivity index (χ1) is 8.85. The molecule has 19 heavy (non-hydrogen) atoms. The average molecular weight is 315 g/mol. The third-order valence-electron chi connectivity index (χ3n) is 5.11. The molecule has 1 heteroatoms. The number of benzene rings is 2. The topological polar surface area (TPSA) is 0 Å². The lowest BCUT2D eigenvalue weighted by atomic mass is 9.55. The van der Waals surface area contributed by atoms with Crippen LogP contribution in [0.2, 0.25) is 0 Å². The predicted molar refractivity (Wildman–Crippen MR) is 85.6 cm³/mol. The first-order valence-corrected chi connectivity index (χ1v) is 7.55. The van der Waals surface area contributed by atoms with Gasteiger partial charge in [-0.3, -0.25) is 0 Å². The molecular formula is C18H19Br. The maximum absolute atomic E-state index is 3.61. The minimum Gasteiger partial charge on any atom is -0.0619 e. The van der Waals surface area contributed by atoms with Crippen LogP contribution in [0, 0.1) is 0 Å². The highest BCUT2D eigenvalue weighted by atomic mass is 79.9. The molecule has 0 unspecified atom stereocenters. The van der Waals surface area contributed by atoms with Crippen molar-refractivity contribution in [2.24, 2.45) is 0 Å². The van der Waals surface area contributed by atoms with Gasteiger partial charge in [0.1, 0.15) is 0 Å². The second-order valence-corrected chi connectivity index (χ2v) is 7.40. The van der Waals surface area contributed by atoms with Crippen molar-refractivity contribution in [1.29, 1.82) is 0 Å². The molecule has 0 nitrogen and oxygen atoms in total. The fourth-order valence-corrected chi connectivity index (χ4v) is 3.58. The maximum atomic E-state index is 3.61. The highest BCUT2D eigenvalue weighted by Crippen LogP contribution is 2.53. The number of hydrogen-bond acceptors (Lipinski definition) is 0. The van der Waals surface area contributed by atoms with Gasteiger partial charge in [-0.15, -0.1) is 0 Å². The molecule has 3 rings (SSSR count). The Kier molecular flexibility index (Phi) is 2.69. The van der Waals surface area contributed by atoms with Crippen LogP contribution in [0.5, 0.6) is 0 Å². The lowest BCUT2D eigenvalue weighted by Crippen LogP contribution is -2.43. The SMILES string of the molecule is CC1(C)c2ccccc2-c2cc(Br)ccc2C1(C)C. The van der Waals surface area contributed by atoms with E-state index in [-0.39, 0.29) is 10.8 Å². The fourth-order valence-electron chi connectivity index (χ4n) is 3.22. The molecule has 0 saturated heterocycles. The summed E-state index contributed by atoms with van der Waals surface area (Å²) in [5, 5.41) is 0. The van der Waals surface area contributed by atoms with Gasteiger partial charge in [0.15, 0.2) is 0 Å². The van der Waals surface area contributed by atoms with E-state index in [1.165, 1.54) is 22.3 Å². The molecule has 2 aromatic rings. The molecule has 1 aliphatic rings. The van der Waals surface area contributed by atoms with Crippen molar-refractivity contribution in [3.8, 4) is 11.1 Å². The molecule has 0 N–H and O–H groups in total. The summed E-state index contributed by atoms with van der Waals surface area (Å²) in [6.07, 6.45) is 0. The smallest absolute Gasteiger partial charge is 0.0181 e. The Balaban J connectivity index is 2.43. The van der Waals surface area contributed by atoms with E-state index in [1.54, 1.807) is 0 Å². The Labute approximate surface area is 124 Å². The molecule has 1 aliphatic carbocycles. The first-order valence-electron chi connectivity index (χ1n) is 6.75. The van der Waals surface area contributed by atoms with Gasteiger partial charge in [-0.25, -0.2) is 0 Å². The van der Waals surface area contributed by atoms with E-state index in [9.17, 15) is 0 Å². The van der Waals surface area contributed by atoms with Gasteiger partial charge in [0.2, 0.25) is 0 Å². The van der Waals surface area contributed by atoms with Gasteiger partial charge in [0.05, 0.1) is 0 Å². The van der Waals surface area contributed by atoms with Crippen LogP contribution in [0.15, 0.2) is 46.9 Å². The van der Waals surface area contributed by atoms with Gasteiger partial charge in [-0.2, -0.15) is 0 Å². The molecule has 0 aliphatic heterocycles. The zero-order valence-corrected chi connectivity index (χ0v) is 13.5. The van der Waals surface area contributed by atoms with E-state index in [0.29, 0.717) is 0 Å². The summed E-state index contributed by atoms with van der Waals surface area (Å²) in [6.45, 7) is 9.43. The van der Waals surface area contributed by atoms with Crippen molar-refractivity contribution in [3.05, 3.63) is 58.1 Å². The summed E-state index contributed by atoms with van der Waals surface area (Å²) in [5.74, 6) is 0. The number of hydrogen-bond donors (Lipinski definition) is 0. The van der Waals surface area contributed by atoms with Crippen molar-refractivity contribution in [2.45, 2.75) is 38.5 Å². The normalized spacial score (nSPS) is 18.6. The van der Waals surface area contributed by atoms with E-state index < -0.39 is 0 Å². The molecule has 0 spiro atoms. The van der Waals surface area contributed by atoms with Crippen LogP contribution in [0.4, 0.5) is 0 Å². The van der Waals surface area contributed by atoms with Gasteiger partial charge < -0.3 is 0 Å². The highest BCUT2D eigenvalue weighted by molar-refractivity contribution is 9.10. The third kappa shape index (κ3) is 1.64. The van der Waals surface area contributed by atoms with E-state index in [0.717, 1.165) is 4.47 Å². The Morgan fingerprint density at radius 2 is 1.32 bits per heavy atom. The maximum Gasteiger partial charge on any atom is 0.0181 e. The Morgan fingerprint density at radius 1 is 0.737 bits per heavy atom. The molecule has 0 saturated carbocycles. The first kappa shape index (κ1) is 12.9. The minimum atomic E-state index is 0.122. The Hall–Kier alpha value is -1.08. The van der Waals surface area contributed by atoms with Crippen LogP contribution in [0.3, 0.4) is 0 Å². The van der Waals surface area contributed by atoms with Crippen molar-refractivity contribution in [2.75, 3.05) is 0 Å². The van der Waals surface area contributed by atoms with Crippen molar-refractivity contribution in [3.63, 3.8) is 0 Å². The monoisotopic (exact) mass is 314 g/mol. The molecule has 0 atom stereocenters. The average Bonchev–Trinajstić information content (AvgIpc) is 2.37. The summed E-state index contributed by atoms with van der Waals surface area (Å²) in [7, 11) is 0. The van der Waals surface area contributed by atoms with Gasteiger partial charge in [0.25, 0.3) is 0 Å². The molecule has 0 radical (unpaired) electrons. The van der Waals surface area contributed by atoms with Gasteiger partial charge in [-0.05, 0) is 45.2 Å². The number of fused-ring (bicyclic) bond motifs is 3. The van der Waals surface area contributed by atoms with Crippen LogP contribution in [0.25, 0.3) is 11.1 Å². The lowest BCUT2D eigenvalue weighted by Gasteiger charge is -2.48. The van der Waals surface area contributed by atoms with Crippen LogP contribution >= 0.6 is 15.9 Å². The van der Waals surface area contributed by atoms with Crippen LogP contribution in [0.1, 0.15) is 38.8 Å². The molecule has 0 amide bonds. The highest BCUT2D eigenvalue weighted by Gasteiger charge is 2.45. The molecule has 0 bridgehead atoms. The molecule has 0 fully saturated rings. The second kappa shape index (κ2) is 3.96. The molecule has 0 aromatic heterocycles. The predicted octanol–water partition coefficient (Wildman–Crippen LogP) is 5.68. The third-order valence-corrected chi connectivity index (χ3v) is 5.60. The van der Waals surface area contributed by atoms with Crippen molar-refractivity contribution < 1.29 is 0 Å². The summed E-state index contributed by atoms with van der Waals surface area (Å²) in [5.41, 5.74) is 5.89. The number of halogens is 1. The molecular weight excluding hydrogens is 296 g/mol. The van der Waals surface area contributed by atoms with Crippen LogP contribution in [-0.4, -0.2) is 0 Å². The Morgan fingerprint density at radius 3 is 2.00 bits per heavy atom. The zero-order chi connectivity index (χ0) is 13.8. The fraction of sp³-hybridized carbons (Fsp3) is 0.333. The summed E-state index contributed by atoms with van der Waals surface area (Å²) < 4.78 is 1.15. The van der Waals surface area contributed by atoms with Gasteiger partial charge in [0, 0.05) is 4.47 Å². The van der Waals surface area contributed by atoms with Gasteiger partial charge in [-0.1, -0.05) is 74.0 Å². The van der Waals surface area contributed by atoms with E-state index in [2.05, 4.69) is 86.1 Å². The lowest BCUT2D eigenvalue weighted by molar-refractivity contribution is 0.299. The van der Waals surface area contributed by atoms with Crippen LogP contribution < -0.4 is 0 Å². The summed E-state index contributed by atoms with van der Waals surface area (Å²) in [6, 6.07) is 15.5. The molecule has 2 aromatic carbocycles. The quantitative estimate of drug-likeness (QED) is 0.586. The van der Waals surface area contributed by atoms with Gasteiger partial charge >= 0.3 is 0 Å². The van der Waals surface area contributed by atoms with E-state index >= 15 is 0 Å². The zero-order valence-electron chi connectivity index (χ0n) is 11.9. The minimum absolute atomic E-state index is 0.122. The Bertz CT molecular complexity index is 650. The van der Waals surface area contributed by atoms with E-state index in [4.69, 9.17) is 0 Å². The molecule has 0 heterocycles. The van der Waals surface area contributed by atoms with Crippen LogP contribution in [-0.2, 0) is 10.8 Å².